The van der Waals surface area contributed by atoms with Gasteiger partial charge >= 0.3 is 0 Å². The van der Waals surface area contributed by atoms with Crippen LogP contribution in [-0.4, -0.2) is 15.7 Å². The van der Waals surface area contributed by atoms with Gasteiger partial charge in [-0.3, -0.25) is 4.79 Å². The van der Waals surface area contributed by atoms with E-state index in [9.17, 15) is 4.79 Å². The molecule has 70 valence electrons. The number of aromatic amines is 1. The average molecular weight is 196 g/mol. The third kappa shape index (κ3) is 2.45. The Morgan fingerprint density at radius 3 is 2.85 bits per heavy atom. The highest BCUT2D eigenvalue weighted by Gasteiger charge is 2.02. The van der Waals surface area contributed by atoms with Crippen LogP contribution in [0.5, 0.6) is 0 Å². The largest absolute Gasteiger partial charge is 0.301 e. The summed E-state index contributed by atoms with van der Waals surface area (Å²) in [6.07, 6.45) is 1.78. The van der Waals surface area contributed by atoms with Crippen molar-refractivity contribution >= 4 is 11.8 Å². The van der Waals surface area contributed by atoms with E-state index in [1.54, 1.807) is 13.0 Å². The summed E-state index contributed by atoms with van der Waals surface area (Å²) in [7, 11) is 0. The zero-order valence-corrected chi connectivity index (χ0v) is 8.57. The maximum absolute atomic E-state index is 11.3. The van der Waals surface area contributed by atoms with Crippen molar-refractivity contribution in [3.05, 3.63) is 34.3 Å². The number of nitrogens with zero attached hydrogens (tertiary/aromatic N) is 1. The molecule has 0 saturated heterocycles. The minimum atomic E-state index is -0.0564. The number of aromatic nitrogens is 2. The molecule has 0 saturated carbocycles. The Morgan fingerprint density at radius 1 is 1.62 bits per heavy atom. The van der Waals surface area contributed by atoms with Crippen LogP contribution in [0, 0.1) is 13.8 Å². The average Bonchev–Trinajstić information content (AvgIpc) is 2.10. The molecule has 13 heavy (non-hydrogen) atoms. The van der Waals surface area contributed by atoms with E-state index < -0.39 is 0 Å². The second kappa shape index (κ2) is 4.28. The molecular weight excluding hydrogens is 184 g/mol. The van der Waals surface area contributed by atoms with Crippen LogP contribution >= 0.6 is 11.8 Å². The lowest BCUT2D eigenvalue weighted by Gasteiger charge is -2.01. The van der Waals surface area contributed by atoms with Crippen LogP contribution in [0.15, 0.2) is 22.6 Å². The smallest absolute Gasteiger partial charge is 0.254 e. The predicted octanol–water partition coefficient (Wildman–Crippen LogP) is 1.66. The number of thioether (sulfide) groups is 1. The van der Waals surface area contributed by atoms with Gasteiger partial charge in [-0.1, -0.05) is 17.8 Å². The zero-order chi connectivity index (χ0) is 9.84. The van der Waals surface area contributed by atoms with E-state index in [0.717, 1.165) is 11.4 Å². The van der Waals surface area contributed by atoms with Crippen molar-refractivity contribution in [2.24, 2.45) is 0 Å². The van der Waals surface area contributed by atoms with Gasteiger partial charge in [0.05, 0.1) is 0 Å². The topological polar surface area (TPSA) is 45.8 Å². The summed E-state index contributed by atoms with van der Waals surface area (Å²) in [6.45, 7) is 7.20. The molecule has 3 nitrogen and oxygen atoms in total. The first-order valence-corrected chi connectivity index (χ1v) is 4.95. The van der Waals surface area contributed by atoms with Crippen LogP contribution in [0.4, 0.5) is 0 Å². The molecule has 0 atom stereocenters. The summed E-state index contributed by atoms with van der Waals surface area (Å²) >= 11 is 1.47. The highest BCUT2D eigenvalue weighted by Crippen LogP contribution is 2.11. The fourth-order valence-corrected chi connectivity index (χ4v) is 1.47. The van der Waals surface area contributed by atoms with Crippen molar-refractivity contribution in [3.63, 3.8) is 0 Å². The van der Waals surface area contributed by atoms with E-state index in [1.807, 2.05) is 6.92 Å². The van der Waals surface area contributed by atoms with Gasteiger partial charge in [0.15, 0.2) is 5.16 Å². The van der Waals surface area contributed by atoms with Crippen molar-refractivity contribution in [1.29, 1.82) is 0 Å². The Balaban J connectivity index is 2.99. The lowest BCUT2D eigenvalue weighted by atomic mass is 10.3. The lowest BCUT2D eigenvalue weighted by Crippen LogP contribution is -2.13. The van der Waals surface area contributed by atoms with E-state index in [-0.39, 0.29) is 5.56 Å². The van der Waals surface area contributed by atoms with Crippen LogP contribution in [0.1, 0.15) is 11.3 Å². The summed E-state index contributed by atoms with van der Waals surface area (Å²) in [4.78, 5) is 18.2. The molecule has 0 aromatic carbocycles. The molecule has 1 heterocycles. The molecule has 0 aliphatic carbocycles. The number of hydrogen-bond donors (Lipinski definition) is 1. The highest BCUT2D eigenvalue weighted by atomic mass is 32.2. The summed E-state index contributed by atoms with van der Waals surface area (Å²) < 4.78 is 0. The van der Waals surface area contributed by atoms with Gasteiger partial charge in [0.1, 0.15) is 0 Å². The van der Waals surface area contributed by atoms with Gasteiger partial charge in [0.2, 0.25) is 0 Å². The number of aryl methyl sites for hydroxylation is 1. The van der Waals surface area contributed by atoms with Crippen LogP contribution in [0.3, 0.4) is 0 Å². The molecule has 0 unspecified atom stereocenters. The van der Waals surface area contributed by atoms with E-state index in [4.69, 9.17) is 0 Å². The van der Waals surface area contributed by atoms with Gasteiger partial charge in [0.25, 0.3) is 5.56 Å². The first kappa shape index (κ1) is 10.1. The minimum absolute atomic E-state index is 0.0564. The molecule has 0 spiro atoms. The van der Waals surface area contributed by atoms with E-state index >= 15 is 0 Å². The van der Waals surface area contributed by atoms with E-state index in [1.165, 1.54) is 11.8 Å². The lowest BCUT2D eigenvalue weighted by molar-refractivity contribution is 0.885. The summed E-state index contributed by atoms with van der Waals surface area (Å²) in [5.74, 6) is 0.755. The molecule has 1 N–H and O–H groups in total. The monoisotopic (exact) mass is 196 g/mol. The third-order valence-corrected chi connectivity index (χ3v) is 2.58. The second-order valence-corrected chi connectivity index (χ2v) is 3.69. The standard InChI is InChI=1S/C9H12N2OS/c1-4-5-13-9-10-7(3)6(2)8(12)11-9/h4H,1,5H2,2-3H3,(H,10,11,12). The molecule has 0 fully saturated rings. The molecule has 4 heteroatoms. The molecule has 0 radical (unpaired) electrons. The predicted molar refractivity (Wildman–Crippen MR) is 55.3 cm³/mol. The first-order valence-electron chi connectivity index (χ1n) is 3.96. The van der Waals surface area contributed by atoms with Gasteiger partial charge in [-0.05, 0) is 13.8 Å². The molecule has 0 aliphatic heterocycles. The van der Waals surface area contributed by atoms with Crippen LogP contribution in [-0.2, 0) is 0 Å². The van der Waals surface area contributed by atoms with Crippen molar-refractivity contribution in [3.8, 4) is 0 Å². The maximum Gasteiger partial charge on any atom is 0.254 e. The Hall–Kier alpha value is -1.03. The molecule has 0 aliphatic rings. The highest BCUT2D eigenvalue weighted by molar-refractivity contribution is 7.99. The first-order chi connectivity index (χ1) is 6.15. The summed E-state index contributed by atoms with van der Waals surface area (Å²) in [6, 6.07) is 0. The molecular formula is C9H12N2OS. The van der Waals surface area contributed by atoms with Crippen molar-refractivity contribution in [2.75, 3.05) is 5.75 Å². The number of rotatable bonds is 3. The molecule has 1 aromatic rings. The van der Waals surface area contributed by atoms with Gasteiger partial charge in [0, 0.05) is 17.0 Å². The minimum Gasteiger partial charge on any atom is -0.301 e. The third-order valence-electron chi connectivity index (χ3n) is 1.71. The summed E-state index contributed by atoms with van der Waals surface area (Å²) in [5, 5.41) is 0.660. The van der Waals surface area contributed by atoms with Gasteiger partial charge < -0.3 is 4.98 Å². The Bertz CT molecular complexity index is 370. The van der Waals surface area contributed by atoms with Crippen molar-refractivity contribution < 1.29 is 0 Å². The summed E-state index contributed by atoms with van der Waals surface area (Å²) in [5.41, 5.74) is 1.41. The van der Waals surface area contributed by atoms with E-state index in [2.05, 4.69) is 16.5 Å². The number of nitrogens with one attached hydrogen (secondary N) is 1. The van der Waals surface area contributed by atoms with Crippen LogP contribution in [0.2, 0.25) is 0 Å². The van der Waals surface area contributed by atoms with Gasteiger partial charge in [-0.2, -0.15) is 0 Å². The molecule has 1 aromatic heterocycles. The fraction of sp³-hybridized carbons (Fsp3) is 0.333. The van der Waals surface area contributed by atoms with Gasteiger partial charge in [-0.15, -0.1) is 6.58 Å². The maximum atomic E-state index is 11.3. The van der Waals surface area contributed by atoms with Crippen molar-refractivity contribution in [1.82, 2.24) is 9.97 Å². The van der Waals surface area contributed by atoms with E-state index in [0.29, 0.717) is 10.7 Å². The quantitative estimate of drug-likeness (QED) is 0.454. The Kier molecular flexibility index (Phi) is 3.31. The molecule has 0 bridgehead atoms. The van der Waals surface area contributed by atoms with Crippen LogP contribution in [0.25, 0.3) is 0 Å². The Morgan fingerprint density at radius 2 is 2.31 bits per heavy atom. The van der Waals surface area contributed by atoms with Crippen molar-refractivity contribution in [2.45, 2.75) is 19.0 Å². The SMILES string of the molecule is C=CCSc1nc(C)c(C)c(=O)[nH]1. The molecule has 1 rings (SSSR count). The van der Waals surface area contributed by atoms with Crippen LogP contribution < -0.4 is 5.56 Å². The number of H-pyrrole nitrogens is 1. The Labute approximate surface area is 81.3 Å². The zero-order valence-electron chi connectivity index (χ0n) is 7.76. The second-order valence-electron chi connectivity index (χ2n) is 2.68. The fourth-order valence-electron chi connectivity index (χ4n) is 0.826. The van der Waals surface area contributed by atoms with Gasteiger partial charge in [-0.25, -0.2) is 4.98 Å². The number of hydrogen-bond acceptors (Lipinski definition) is 3. The molecule has 0 amide bonds. The normalized spacial score (nSPS) is 10.0.